The summed E-state index contributed by atoms with van der Waals surface area (Å²) in [6.45, 7) is 6.51. The Morgan fingerprint density at radius 3 is 2.48 bits per heavy atom. The molecule has 0 bridgehead atoms. The molecule has 5 nitrogen and oxygen atoms in total. The van der Waals surface area contributed by atoms with Crippen molar-refractivity contribution in [2.75, 3.05) is 5.75 Å². The Kier molecular flexibility index (Phi) is 5.57. The molecule has 0 aliphatic heterocycles. The number of carbonyl (C=O) groups excluding carboxylic acids is 1. The van der Waals surface area contributed by atoms with Crippen molar-refractivity contribution >= 4 is 17.5 Å². The first-order chi connectivity index (χ1) is 11.9. The lowest BCUT2D eigenvalue weighted by Crippen LogP contribution is -2.16. The number of nitrogens with zero attached hydrogens (tertiary/aromatic N) is 4. The highest BCUT2D eigenvalue weighted by molar-refractivity contribution is 7.99. The van der Waals surface area contributed by atoms with Crippen LogP contribution in [-0.4, -0.2) is 31.7 Å². The number of ketones is 1. The highest BCUT2D eigenvalue weighted by atomic mass is 32.2. The molecule has 1 aromatic heterocycles. The number of Topliss-reactive ketones (excluding diaryl/α,β-unsaturated/α-hetero) is 1. The smallest absolute Gasteiger partial charge is 0.210 e. The molecule has 6 heteroatoms. The molecule has 1 aromatic carbocycles. The second-order valence-electron chi connectivity index (χ2n) is 7.74. The third kappa shape index (κ3) is 4.48. The summed E-state index contributed by atoms with van der Waals surface area (Å²) in [7, 11) is 0. The zero-order valence-electron chi connectivity index (χ0n) is 15.2. The maximum absolute atomic E-state index is 12.5. The van der Waals surface area contributed by atoms with Gasteiger partial charge in [0, 0.05) is 5.56 Å². The summed E-state index contributed by atoms with van der Waals surface area (Å²) in [6, 6.07) is 8.32. The molecule has 25 heavy (non-hydrogen) atoms. The van der Waals surface area contributed by atoms with Crippen LogP contribution >= 0.6 is 11.8 Å². The highest BCUT2D eigenvalue weighted by Crippen LogP contribution is 2.30. The van der Waals surface area contributed by atoms with E-state index in [1.54, 1.807) is 0 Å². The molecule has 3 rings (SSSR count). The predicted octanol–water partition coefficient (Wildman–Crippen LogP) is 4.45. The minimum Gasteiger partial charge on any atom is -0.293 e. The molecule has 1 heterocycles. The van der Waals surface area contributed by atoms with Gasteiger partial charge in [-0.25, -0.2) is 4.68 Å². The Labute approximate surface area is 153 Å². The molecule has 1 saturated carbocycles. The van der Waals surface area contributed by atoms with Crippen LogP contribution in [0.5, 0.6) is 0 Å². The van der Waals surface area contributed by atoms with Crippen LogP contribution in [0, 0.1) is 0 Å². The molecule has 1 aliphatic rings. The number of thioether (sulfide) groups is 1. The fourth-order valence-corrected chi connectivity index (χ4v) is 4.04. The summed E-state index contributed by atoms with van der Waals surface area (Å²) in [4.78, 5) is 12.5. The van der Waals surface area contributed by atoms with Crippen molar-refractivity contribution in [3.63, 3.8) is 0 Å². The molecule has 0 spiro atoms. The minimum atomic E-state index is 0.0956. The summed E-state index contributed by atoms with van der Waals surface area (Å²) >= 11 is 1.44. The number of benzene rings is 1. The molecule has 134 valence electrons. The largest absolute Gasteiger partial charge is 0.293 e. The number of tetrazole rings is 1. The van der Waals surface area contributed by atoms with Crippen LogP contribution in [0.1, 0.15) is 74.8 Å². The van der Waals surface area contributed by atoms with Gasteiger partial charge in [0.2, 0.25) is 5.16 Å². The predicted molar refractivity (Wildman–Crippen MR) is 100 cm³/mol. The van der Waals surface area contributed by atoms with Crippen molar-refractivity contribution in [1.82, 2.24) is 20.2 Å². The molecule has 0 saturated heterocycles. The van der Waals surface area contributed by atoms with Crippen molar-refractivity contribution in [2.24, 2.45) is 0 Å². The Hall–Kier alpha value is -1.69. The van der Waals surface area contributed by atoms with Crippen LogP contribution < -0.4 is 0 Å². The van der Waals surface area contributed by atoms with Crippen LogP contribution in [-0.2, 0) is 5.41 Å². The maximum Gasteiger partial charge on any atom is 0.210 e. The summed E-state index contributed by atoms with van der Waals surface area (Å²) in [6.07, 6.45) is 6.01. The van der Waals surface area contributed by atoms with Gasteiger partial charge in [-0.2, -0.15) is 0 Å². The van der Waals surface area contributed by atoms with Gasteiger partial charge in [0.05, 0.1) is 11.8 Å². The topological polar surface area (TPSA) is 60.7 Å². The summed E-state index contributed by atoms with van der Waals surface area (Å²) in [5.41, 5.74) is 2.08. The molecule has 1 fully saturated rings. The van der Waals surface area contributed by atoms with Gasteiger partial charge in [-0.1, -0.05) is 76.1 Å². The first-order valence-electron chi connectivity index (χ1n) is 8.99. The van der Waals surface area contributed by atoms with Crippen molar-refractivity contribution in [3.8, 4) is 0 Å². The van der Waals surface area contributed by atoms with Crippen LogP contribution in [0.2, 0.25) is 0 Å². The standard InChI is InChI=1S/C19H26N4OS/c1-19(2,3)15-11-9-14(10-12-15)17(24)13-25-18-20-21-22-23(18)16-7-5-4-6-8-16/h9-12,16H,4-8,13H2,1-3H3. The Balaban J connectivity index is 1.62. The SMILES string of the molecule is CC(C)(C)c1ccc(C(=O)CSc2nnnn2C2CCCCC2)cc1. The normalized spacial score (nSPS) is 16.1. The summed E-state index contributed by atoms with van der Waals surface area (Å²) in [5.74, 6) is 0.478. The van der Waals surface area contributed by atoms with Crippen molar-refractivity contribution in [1.29, 1.82) is 0 Å². The fourth-order valence-electron chi connectivity index (χ4n) is 3.20. The van der Waals surface area contributed by atoms with Gasteiger partial charge in [-0.3, -0.25) is 4.79 Å². The van der Waals surface area contributed by atoms with E-state index in [1.165, 1.54) is 36.6 Å². The minimum absolute atomic E-state index is 0.0956. The molecule has 2 aromatic rings. The molecule has 0 N–H and O–H groups in total. The van der Waals surface area contributed by atoms with E-state index >= 15 is 0 Å². The fraction of sp³-hybridized carbons (Fsp3) is 0.579. The Morgan fingerprint density at radius 2 is 1.84 bits per heavy atom. The molecular formula is C19H26N4OS. The van der Waals surface area contributed by atoms with Crippen LogP contribution in [0.25, 0.3) is 0 Å². The molecular weight excluding hydrogens is 332 g/mol. The van der Waals surface area contributed by atoms with Gasteiger partial charge in [0.25, 0.3) is 0 Å². The zero-order valence-corrected chi connectivity index (χ0v) is 16.1. The van der Waals surface area contributed by atoms with E-state index in [2.05, 4.69) is 36.3 Å². The average molecular weight is 359 g/mol. The first kappa shape index (κ1) is 18.1. The number of rotatable bonds is 5. The lowest BCUT2D eigenvalue weighted by molar-refractivity contribution is 0.102. The summed E-state index contributed by atoms with van der Waals surface area (Å²) in [5, 5.41) is 12.8. The van der Waals surface area contributed by atoms with E-state index in [-0.39, 0.29) is 11.2 Å². The second kappa shape index (κ2) is 7.68. The van der Waals surface area contributed by atoms with E-state index < -0.39 is 0 Å². The lowest BCUT2D eigenvalue weighted by Gasteiger charge is -2.21. The van der Waals surface area contributed by atoms with Gasteiger partial charge in [-0.05, 0) is 34.2 Å². The number of hydrogen-bond donors (Lipinski definition) is 0. The van der Waals surface area contributed by atoms with E-state index in [1.807, 2.05) is 28.9 Å². The molecule has 0 amide bonds. The number of carbonyl (C=O) groups is 1. The van der Waals surface area contributed by atoms with E-state index in [0.717, 1.165) is 23.6 Å². The first-order valence-corrected chi connectivity index (χ1v) is 9.98. The molecule has 0 unspecified atom stereocenters. The maximum atomic E-state index is 12.5. The monoisotopic (exact) mass is 358 g/mol. The third-order valence-electron chi connectivity index (χ3n) is 4.79. The lowest BCUT2D eigenvalue weighted by atomic mass is 9.86. The van der Waals surface area contributed by atoms with Gasteiger partial charge in [0.15, 0.2) is 5.78 Å². The third-order valence-corrected chi connectivity index (χ3v) is 5.72. The van der Waals surface area contributed by atoms with Gasteiger partial charge in [-0.15, -0.1) is 5.10 Å². The van der Waals surface area contributed by atoms with E-state index in [9.17, 15) is 4.79 Å². The van der Waals surface area contributed by atoms with Crippen LogP contribution in [0.4, 0.5) is 0 Å². The number of hydrogen-bond acceptors (Lipinski definition) is 5. The van der Waals surface area contributed by atoms with Gasteiger partial charge >= 0.3 is 0 Å². The second-order valence-corrected chi connectivity index (χ2v) is 8.68. The molecule has 1 aliphatic carbocycles. The molecule has 0 atom stereocenters. The van der Waals surface area contributed by atoms with Crippen molar-refractivity contribution in [3.05, 3.63) is 35.4 Å². The van der Waals surface area contributed by atoms with Gasteiger partial charge in [0.1, 0.15) is 0 Å². The van der Waals surface area contributed by atoms with Crippen LogP contribution in [0.3, 0.4) is 0 Å². The Morgan fingerprint density at radius 1 is 1.16 bits per heavy atom. The zero-order chi connectivity index (χ0) is 17.9. The number of aromatic nitrogens is 4. The average Bonchev–Trinajstić information content (AvgIpc) is 3.08. The van der Waals surface area contributed by atoms with Gasteiger partial charge < -0.3 is 0 Å². The van der Waals surface area contributed by atoms with Crippen molar-refractivity contribution < 1.29 is 4.79 Å². The van der Waals surface area contributed by atoms with E-state index in [4.69, 9.17) is 0 Å². The molecule has 0 radical (unpaired) electrons. The van der Waals surface area contributed by atoms with E-state index in [0.29, 0.717) is 11.8 Å². The highest BCUT2D eigenvalue weighted by Gasteiger charge is 2.21. The van der Waals surface area contributed by atoms with Crippen LogP contribution in [0.15, 0.2) is 29.4 Å². The Bertz CT molecular complexity index is 712. The summed E-state index contributed by atoms with van der Waals surface area (Å²) < 4.78 is 1.92. The van der Waals surface area contributed by atoms with Crippen molar-refractivity contribution in [2.45, 2.75) is 69.5 Å². The quantitative estimate of drug-likeness (QED) is 0.584.